The number of thiol groups is 1. The van der Waals surface area contributed by atoms with Gasteiger partial charge >= 0.3 is 0 Å². The first kappa shape index (κ1) is 30.4. The van der Waals surface area contributed by atoms with Crippen LogP contribution in [0.2, 0.25) is 0 Å². The van der Waals surface area contributed by atoms with Crippen molar-refractivity contribution in [2.45, 2.75) is 84.5 Å². The number of hydrogen-bond acceptors (Lipinski definition) is 4. The molecule has 32 heavy (non-hydrogen) atoms. The first-order valence-electron chi connectivity index (χ1n) is 11.9. The van der Waals surface area contributed by atoms with Crippen molar-refractivity contribution in [3.8, 4) is 0 Å². The minimum atomic E-state index is -0.588. The maximum atomic E-state index is 13.7. The smallest absolute Gasteiger partial charge is 0.118 e. The van der Waals surface area contributed by atoms with Crippen molar-refractivity contribution in [1.82, 2.24) is 0 Å². The number of aliphatic hydroxyl groups is 2. The maximum Gasteiger partial charge on any atom is 0.118 e. The summed E-state index contributed by atoms with van der Waals surface area (Å²) in [6, 6.07) is 8.51. The fourth-order valence-corrected chi connectivity index (χ4v) is 3.31. The molecule has 0 saturated carbocycles. The summed E-state index contributed by atoms with van der Waals surface area (Å²) in [7, 11) is 0. The van der Waals surface area contributed by atoms with Gasteiger partial charge in [0.1, 0.15) is 11.6 Å². The third-order valence-electron chi connectivity index (χ3n) is 4.79. The Kier molecular flexibility index (Phi) is 18.0. The van der Waals surface area contributed by atoms with Crippen molar-refractivity contribution in [2.75, 3.05) is 13.2 Å². The molecule has 1 aliphatic rings. The van der Waals surface area contributed by atoms with Crippen molar-refractivity contribution < 1.29 is 19.3 Å². The van der Waals surface area contributed by atoms with Crippen LogP contribution in [0.15, 0.2) is 59.7 Å². The van der Waals surface area contributed by atoms with Crippen LogP contribution in [0.3, 0.4) is 0 Å². The molecule has 3 nitrogen and oxygen atoms in total. The van der Waals surface area contributed by atoms with Gasteiger partial charge in [-0.05, 0) is 48.1 Å². The Balaban J connectivity index is 0.00000227. The summed E-state index contributed by atoms with van der Waals surface area (Å²) in [5, 5.41) is 18.8. The molecule has 2 N–H and O–H groups in total. The van der Waals surface area contributed by atoms with Crippen LogP contribution in [-0.4, -0.2) is 34.8 Å². The lowest BCUT2D eigenvalue weighted by Gasteiger charge is -2.18. The zero-order valence-corrected chi connectivity index (χ0v) is 21.4. The second-order valence-corrected chi connectivity index (χ2v) is 7.83. The van der Waals surface area contributed by atoms with Crippen LogP contribution in [0.25, 0.3) is 0 Å². The summed E-state index contributed by atoms with van der Waals surface area (Å²) in [6.45, 7) is 10.4. The van der Waals surface area contributed by atoms with Gasteiger partial charge in [-0.15, -0.1) is 0 Å². The van der Waals surface area contributed by atoms with Gasteiger partial charge in [-0.3, -0.25) is 0 Å². The lowest BCUT2D eigenvalue weighted by atomic mass is 9.99. The molecule has 5 heteroatoms. The van der Waals surface area contributed by atoms with E-state index in [9.17, 15) is 9.50 Å². The van der Waals surface area contributed by atoms with E-state index < -0.39 is 6.10 Å². The zero-order valence-electron chi connectivity index (χ0n) is 20.5. The highest BCUT2D eigenvalue weighted by atomic mass is 32.1. The number of allylic oxidation sites excluding steroid dienone is 5. The number of hydrogen-bond donors (Lipinski definition) is 3. The molecule has 1 aromatic carbocycles. The second kappa shape index (κ2) is 19.0. The van der Waals surface area contributed by atoms with Crippen LogP contribution in [-0.2, 0) is 17.6 Å². The third-order valence-corrected chi connectivity index (χ3v) is 5.17. The van der Waals surface area contributed by atoms with Gasteiger partial charge in [0.05, 0.1) is 19.3 Å². The second-order valence-electron chi connectivity index (χ2n) is 7.10. The van der Waals surface area contributed by atoms with Gasteiger partial charge in [-0.2, -0.15) is 12.6 Å². The van der Waals surface area contributed by atoms with Crippen molar-refractivity contribution in [3.63, 3.8) is 0 Å². The van der Waals surface area contributed by atoms with Gasteiger partial charge < -0.3 is 14.9 Å². The molecule has 0 heterocycles. The van der Waals surface area contributed by atoms with Crippen LogP contribution in [0.4, 0.5) is 4.39 Å². The van der Waals surface area contributed by atoms with Gasteiger partial charge in [0, 0.05) is 24.5 Å². The van der Waals surface area contributed by atoms with E-state index in [1.54, 1.807) is 12.2 Å². The lowest BCUT2D eigenvalue weighted by molar-refractivity contribution is 0.105. The number of ether oxygens (including phenoxy) is 1. The monoisotopic (exact) mass is 466 g/mol. The van der Waals surface area contributed by atoms with E-state index in [1.165, 1.54) is 11.1 Å². The summed E-state index contributed by atoms with van der Waals surface area (Å²) >= 11 is 4.19. The molecule has 1 aromatic rings. The summed E-state index contributed by atoms with van der Waals surface area (Å²) in [5.41, 5.74) is 3.51. The van der Waals surface area contributed by atoms with Crippen LogP contribution in [0, 0.1) is 0 Å². The number of aryl methyl sites for hydroxylation is 1. The Hall–Kier alpha value is -1.56. The van der Waals surface area contributed by atoms with Crippen LogP contribution in [0.1, 0.15) is 71.4 Å². The Labute approximate surface area is 200 Å². The Bertz CT molecular complexity index is 695. The molecule has 2 rings (SSSR count). The Morgan fingerprint density at radius 2 is 1.66 bits per heavy atom. The first-order chi connectivity index (χ1) is 15.5. The highest BCUT2D eigenvalue weighted by molar-refractivity contribution is 7.81. The van der Waals surface area contributed by atoms with Gasteiger partial charge in [-0.25, -0.2) is 4.39 Å². The predicted molar refractivity (Wildman–Crippen MR) is 138 cm³/mol. The summed E-state index contributed by atoms with van der Waals surface area (Å²) in [5.74, 6) is 0.518. The van der Waals surface area contributed by atoms with E-state index in [-0.39, 0.29) is 24.1 Å². The van der Waals surface area contributed by atoms with E-state index in [4.69, 9.17) is 9.84 Å². The van der Waals surface area contributed by atoms with Crippen LogP contribution in [0.5, 0.6) is 0 Å². The van der Waals surface area contributed by atoms with E-state index in [2.05, 4.69) is 43.8 Å². The maximum absolute atomic E-state index is 13.7. The normalized spacial score (nSPS) is 18.5. The van der Waals surface area contributed by atoms with E-state index >= 15 is 0 Å². The molecule has 0 amide bonds. The molecule has 0 aliphatic heterocycles. The molecule has 182 valence electrons. The first-order valence-corrected chi connectivity index (χ1v) is 12.4. The largest absolute Gasteiger partial charge is 0.494 e. The van der Waals surface area contributed by atoms with Gasteiger partial charge in [0.25, 0.3) is 0 Å². The molecule has 0 fully saturated rings. The molecule has 2 atom stereocenters. The Morgan fingerprint density at radius 1 is 1.03 bits per heavy atom. The predicted octanol–water partition coefficient (Wildman–Crippen LogP) is 6.75. The lowest BCUT2D eigenvalue weighted by Crippen LogP contribution is -2.18. The summed E-state index contributed by atoms with van der Waals surface area (Å²) in [6.07, 6.45) is 8.11. The van der Waals surface area contributed by atoms with Crippen LogP contribution < -0.4 is 0 Å². The number of aliphatic hydroxyl groups excluding tert-OH is 2. The van der Waals surface area contributed by atoms with Crippen molar-refractivity contribution >= 4 is 12.6 Å². The Morgan fingerprint density at radius 3 is 2.25 bits per heavy atom. The molecule has 0 spiro atoms. The van der Waals surface area contributed by atoms with Gasteiger partial charge in [0.15, 0.2) is 0 Å². The quantitative estimate of drug-likeness (QED) is 0.334. The molecule has 0 aromatic heterocycles. The number of halogens is 1. The molecule has 0 saturated heterocycles. The fraction of sp³-hybridized carbons (Fsp3) is 0.556. The van der Waals surface area contributed by atoms with Gasteiger partial charge in [0.2, 0.25) is 0 Å². The minimum absolute atomic E-state index is 0.0680. The fourth-order valence-electron chi connectivity index (χ4n) is 3.07. The van der Waals surface area contributed by atoms with E-state index in [0.29, 0.717) is 31.6 Å². The molecule has 0 bridgehead atoms. The average Bonchev–Trinajstić information content (AvgIpc) is 2.82. The van der Waals surface area contributed by atoms with E-state index in [1.807, 2.05) is 33.8 Å². The number of rotatable bonds is 10. The summed E-state index contributed by atoms with van der Waals surface area (Å²) in [4.78, 5) is 0. The van der Waals surface area contributed by atoms with Crippen LogP contribution >= 0.6 is 12.6 Å². The summed E-state index contributed by atoms with van der Waals surface area (Å²) < 4.78 is 19.7. The molecular weight excluding hydrogens is 423 g/mol. The highest BCUT2D eigenvalue weighted by Gasteiger charge is 2.14. The topological polar surface area (TPSA) is 49.7 Å². The van der Waals surface area contributed by atoms with Gasteiger partial charge in [-0.1, -0.05) is 65.0 Å². The third kappa shape index (κ3) is 12.5. The SMILES string of the molecule is CC.CC.CCc1ccc(CC2=CC/C=C(/F)C/C=C\2OCCC(O)CC(S)CO)cc1. The molecule has 1 aliphatic carbocycles. The average molecular weight is 467 g/mol. The minimum Gasteiger partial charge on any atom is -0.494 e. The zero-order chi connectivity index (χ0) is 24.4. The molecule has 2 unspecified atom stereocenters. The van der Waals surface area contributed by atoms with Crippen molar-refractivity contribution in [3.05, 3.63) is 70.8 Å². The van der Waals surface area contributed by atoms with Crippen molar-refractivity contribution in [2.24, 2.45) is 0 Å². The molecule has 0 radical (unpaired) electrons. The molecular formula is C27H43FO3S. The van der Waals surface area contributed by atoms with E-state index in [0.717, 1.165) is 18.4 Å². The standard InChI is InChI=1S/C23H31FO3S.2C2H6/c1-2-17-6-8-18(9-7-17)14-19-4-3-5-20(24)10-11-23(19)27-13-12-21(26)15-22(28)16-25;2*1-2/h4-9,11,21-22,25-26,28H,2-3,10,12-16H2,1H3;2*1-2H3/b19-4?,20-5+,23-11+;;. The number of benzene rings is 1. The van der Waals surface area contributed by atoms with Crippen molar-refractivity contribution in [1.29, 1.82) is 0 Å². The highest BCUT2D eigenvalue weighted by Crippen LogP contribution is 2.24.